The summed E-state index contributed by atoms with van der Waals surface area (Å²) in [4.78, 5) is 10.3. The molecule has 29 heavy (non-hydrogen) atoms. The van der Waals surface area contributed by atoms with E-state index in [1.165, 1.54) is 11.1 Å². The average Bonchev–Trinajstić information content (AvgIpc) is 3.23. The number of hydrogen-bond acceptors (Lipinski definition) is 6. The van der Waals surface area contributed by atoms with E-state index in [1.54, 1.807) is 24.3 Å². The fourth-order valence-electron chi connectivity index (χ4n) is 4.37. The molecule has 0 amide bonds. The minimum Gasteiger partial charge on any atom is -0.399 e. The molecule has 2 aliphatic rings. The molecule has 152 valence electrons. The number of nitrogen functional groups attached to an aromatic ring is 1. The number of aromatic amines is 1. The molecule has 4 heterocycles. The maximum absolute atomic E-state index is 14.4. The Morgan fingerprint density at radius 1 is 1.10 bits per heavy atom. The Labute approximate surface area is 164 Å². The fourth-order valence-corrected chi connectivity index (χ4v) is 4.37. The molecule has 10 heteroatoms. The Hall–Kier alpha value is -2.72. The summed E-state index contributed by atoms with van der Waals surface area (Å²) in [6.45, 7) is 0.598. The van der Waals surface area contributed by atoms with Crippen molar-refractivity contribution in [1.29, 1.82) is 0 Å². The number of nitrogens with zero attached hydrogens (tertiary/aromatic N) is 4. The molecule has 2 aromatic heterocycles. The average molecular weight is 404 g/mol. The third-order valence-corrected chi connectivity index (χ3v) is 5.67. The Balaban J connectivity index is 1.68. The molecule has 5 rings (SSSR count). The van der Waals surface area contributed by atoms with E-state index in [2.05, 4.69) is 20.2 Å². The van der Waals surface area contributed by atoms with Gasteiger partial charge in [0.1, 0.15) is 0 Å². The van der Waals surface area contributed by atoms with E-state index in [4.69, 9.17) is 10.5 Å². The highest BCUT2D eigenvalue weighted by Gasteiger charge is 2.54. The summed E-state index contributed by atoms with van der Waals surface area (Å²) in [5.41, 5.74) is 7.05. The molecule has 3 N–H and O–H groups in total. The quantitative estimate of drug-likeness (QED) is 0.652. The minimum absolute atomic E-state index is 0.0816. The lowest BCUT2D eigenvalue weighted by molar-refractivity contribution is -0.207. The van der Waals surface area contributed by atoms with Crippen LogP contribution in [-0.4, -0.2) is 56.5 Å². The number of morpholine rings is 1. The van der Waals surface area contributed by atoms with Gasteiger partial charge in [-0.05, 0) is 37.1 Å². The molecule has 2 fully saturated rings. The van der Waals surface area contributed by atoms with Crippen LogP contribution in [0, 0.1) is 0 Å². The molecule has 3 atom stereocenters. The molecule has 0 spiro atoms. The monoisotopic (exact) mass is 404 g/mol. The van der Waals surface area contributed by atoms with E-state index in [-0.39, 0.29) is 34.6 Å². The Morgan fingerprint density at radius 3 is 2.45 bits per heavy atom. The summed E-state index contributed by atoms with van der Waals surface area (Å²) in [7, 11) is 0. The second kappa shape index (κ2) is 6.67. The van der Waals surface area contributed by atoms with Crippen LogP contribution in [0.4, 0.5) is 18.9 Å². The van der Waals surface area contributed by atoms with Crippen molar-refractivity contribution in [2.45, 2.75) is 37.1 Å². The van der Waals surface area contributed by atoms with E-state index in [9.17, 15) is 13.2 Å². The second-order valence-corrected chi connectivity index (χ2v) is 7.50. The van der Waals surface area contributed by atoms with Gasteiger partial charge in [0.15, 0.2) is 17.5 Å². The Kier molecular flexibility index (Phi) is 4.21. The van der Waals surface area contributed by atoms with Gasteiger partial charge in [-0.3, -0.25) is 10.00 Å². The maximum atomic E-state index is 14.4. The van der Waals surface area contributed by atoms with Gasteiger partial charge in [-0.1, -0.05) is 0 Å². The molecular formula is C19H19F3N6O. The van der Waals surface area contributed by atoms with Crippen LogP contribution in [0.5, 0.6) is 0 Å². The van der Waals surface area contributed by atoms with Gasteiger partial charge in [0.25, 0.3) is 0 Å². The van der Waals surface area contributed by atoms with Gasteiger partial charge < -0.3 is 10.5 Å². The van der Waals surface area contributed by atoms with E-state index < -0.39 is 12.2 Å². The fraction of sp³-hybridized carbons (Fsp3) is 0.421. The molecule has 0 saturated carbocycles. The number of benzene rings is 1. The molecular weight excluding hydrogens is 385 g/mol. The zero-order chi connectivity index (χ0) is 20.2. The second-order valence-electron chi connectivity index (χ2n) is 7.50. The summed E-state index contributed by atoms with van der Waals surface area (Å²) in [5.74, 6) is 0.201. The van der Waals surface area contributed by atoms with Gasteiger partial charge in [-0.25, -0.2) is 9.97 Å². The SMILES string of the molecule is Nc1ccc(-c2nc(C(N3C4CCC3COC4)C(F)(F)F)c3cn[nH]c3n2)cc1. The largest absolute Gasteiger partial charge is 0.409 e. The number of ether oxygens (including phenoxy) is 1. The standard InChI is InChI=1S/C19H19F3N6O/c20-19(21,22)16(28-12-5-6-13(28)9-29-8-12)15-14-7-24-27-18(14)26-17(25-15)10-1-3-11(23)4-2-10/h1-4,7,12-13,16H,5-6,8-9,23H2,(H,24,25,26,27). The molecule has 3 aromatic rings. The smallest absolute Gasteiger partial charge is 0.399 e. The summed E-state index contributed by atoms with van der Waals surface area (Å²) >= 11 is 0. The number of anilines is 1. The van der Waals surface area contributed by atoms with Crippen LogP contribution < -0.4 is 5.73 Å². The van der Waals surface area contributed by atoms with Crippen LogP contribution in [0.2, 0.25) is 0 Å². The van der Waals surface area contributed by atoms with Gasteiger partial charge in [0.05, 0.1) is 30.5 Å². The summed E-state index contributed by atoms with van der Waals surface area (Å²) < 4.78 is 48.7. The first kappa shape index (κ1) is 18.3. The van der Waals surface area contributed by atoms with Crippen molar-refractivity contribution in [3.05, 3.63) is 36.2 Å². The molecule has 7 nitrogen and oxygen atoms in total. The van der Waals surface area contributed by atoms with Crippen LogP contribution in [-0.2, 0) is 4.74 Å². The summed E-state index contributed by atoms with van der Waals surface area (Å²) in [6.07, 6.45) is -1.78. The number of H-pyrrole nitrogens is 1. The number of alkyl halides is 3. The third-order valence-electron chi connectivity index (χ3n) is 5.67. The predicted octanol–water partition coefficient (Wildman–Crippen LogP) is 3.07. The number of nitrogens with two attached hydrogens (primary N) is 1. The van der Waals surface area contributed by atoms with Crippen LogP contribution in [0.1, 0.15) is 24.6 Å². The van der Waals surface area contributed by atoms with Crippen LogP contribution in [0.3, 0.4) is 0 Å². The lowest BCUT2D eigenvalue weighted by Crippen LogP contribution is -2.52. The first-order valence-corrected chi connectivity index (χ1v) is 9.40. The van der Waals surface area contributed by atoms with E-state index in [0.717, 1.165) is 0 Å². The number of hydrogen-bond donors (Lipinski definition) is 2. The lowest BCUT2D eigenvalue weighted by atomic mass is 10.0. The van der Waals surface area contributed by atoms with Gasteiger partial charge in [0.2, 0.25) is 0 Å². The van der Waals surface area contributed by atoms with Gasteiger partial charge in [-0.2, -0.15) is 18.3 Å². The van der Waals surface area contributed by atoms with Crippen LogP contribution in [0.25, 0.3) is 22.4 Å². The van der Waals surface area contributed by atoms with Crippen LogP contribution in [0.15, 0.2) is 30.5 Å². The highest BCUT2D eigenvalue weighted by Crippen LogP contribution is 2.46. The van der Waals surface area contributed by atoms with Crippen molar-refractivity contribution in [3.8, 4) is 11.4 Å². The minimum atomic E-state index is -4.50. The van der Waals surface area contributed by atoms with Gasteiger partial charge in [0, 0.05) is 23.3 Å². The van der Waals surface area contributed by atoms with Gasteiger partial charge >= 0.3 is 6.18 Å². The first-order chi connectivity index (χ1) is 13.9. The number of fused-ring (bicyclic) bond motifs is 3. The molecule has 2 saturated heterocycles. The first-order valence-electron chi connectivity index (χ1n) is 9.40. The molecule has 0 radical (unpaired) electrons. The molecule has 0 aliphatic carbocycles. The number of rotatable bonds is 3. The Bertz CT molecular complexity index is 1020. The lowest BCUT2D eigenvalue weighted by Gasteiger charge is -2.41. The third kappa shape index (κ3) is 3.12. The van der Waals surface area contributed by atoms with E-state index in [1.807, 2.05) is 0 Å². The highest BCUT2D eigenvalue weighted by molar-refractivity contribution is 5.79. The number of aromatic nitrogens is 4. The van der Waals surface area contributed by atoms with Crippen molar-refractivity contribution in [1.82, 2.24) is 25.1 Å². The zero-order valence-corrected chi connectivity index (χ0v) is 15.4. The van der Waals surface area contributed by atoms with Crippen molar-refractivity contribution < 1.29 is 17.9 Å². The Morgan fingerprint density at radius 2 is 1.79 bits per heavy atom. The van der Waals surface area contributed by atoms with Crippen molar-refractivity contribution in [2.75, 3.05) is 18.9 Å². The van der Waals surface area contributed by atoms with E-state index in [0.29, 0.717) is 37.3 Å². The highest BCUT2D eigenvalue weighted by atomic mass is 19.4. The summed E-state index contributed by atoms with van der Waals surface area (Å²) in [6, 6.07) is 4.31. The van der Waals surface area contributed by atoms with Crippen molar-refractivity contribution >= 4 is 16.7 Å². The van der Waals surface area contributed by atoms with Crippen molar-refractivity contribution in [3.63, 3.8) is 0 Å². The topological polar surface area (TPSA) is 93.0 Å². The predicted molar refractivity (Wildman–Crippen MR) is 99.8 cm³/mol. The number of halogens is 3. The molecule has 1 aromatic carbocycles. The normalized spacial score (nSPS) is 23.6. The van der Waals surface area contributed by atoms with Crippen molar-refractivity contribution in [2.24, 2.45) is 0 Å². The summed E-state index contributed by atoms with van der Waals surface area (Å²) in [5, 5.41) is 6.88. The number of nitrogens with one attached hydrogen (secondary N) is 1. The van der Waals surface area contributed by atoms with Gasteiger partial charge in [-0.15, -0.1) is 0 Å². The molecule has 3 unspecified atom stereocenters. The zero-order valence-electron chi connectivity index (χ0n) is 15.4. The molecule has 2 bridgehead atoms. The van der Waals surface area contributed by atoms with E-state index >= 15 is 0 Å². The van der Waals surface area contributed by atoms with Crippen LogP contribution >= 0.6 is 0 Å². The maximum Gasteiger partial charge on any atom is 0.409 e. The molecule has 2 aliphatic heterocycles.